The molecule has 0 bridgehead atoms. The highest BCUT2D eigenvalue weighted by molar-refractivity contribution is 6.06. The summed E-state index contributed by atoms with van der Waals surface area (Å²) in [6, 6.07) is 15.0. The molecule has 1 aromatic heterocycles. The Labute approximate surface area is 149 Å². The number of rotatable bonds is 4. The van der Waals surface area contributed by atoms with E-state index in [0.29, 0.717) is 11.5 Å². The fourth-order valence-corrected chi connectivity index (χ4v) is 2.98. The molecule has 1 aliphatic rings. The molecule has 1 saturated heterocycles. The first-order valence-corrected chi connectivity index (χ1v) is 8.28. The zero-order chi connectivity index (χ0) is 18.1. The average molecular weight is 348 g/mol. The molecule has 2 N–H and O–H groups in total. The molecule has 0 radical (unpaired) electrons. The minimum absolute atomic E-state index is 0.174. The summed E-state index contributed by atoms with van der Waals surface area (Å²) in [6.45, 7) is -0.257. The van der Waals surface area contributed by atoms with Crippen LogP contribution in [0.1, 0.15) is 12.8 Å². The van der Waals surface area contributed by atoms with Gasteiger partial charge in [-0.2, -0.15) is 0 Å². The van der Waals surface area contributed by atoms with Crippen LogP contribution in [0, 0.1) is 0 Å². The first-order chi connectivity index (χ1) is 12.6. The normalized spacial score (nSPS) is 14.2. The van der Waals surface area contributed by atoms with Crippen LogP contribution in [0.25, 0.3) is 22.4 Å². The maximum atomic E-state index is 12.2. The van der Waals surface area contributed by atoms with Crippen molar-refractivity contribution in [3.05, 3.63) is 48.5 Å². The summed E-state index contributed by atoms with van der Waals surface area (Å²) in [7, 11) is 0. The summed E-state index contributed by atoms with van der Waals surface area (Å²) in [5.41, 5.74) is 3.20. The number of likely N-dealkylation sites (tertiary alicyclic amines) is 1. The highest BCUT2D eigenvalue weighted by Gasteiger charge is 2.30. The molecule has 7 heteroatoms. The lowest BCUT2D eigenvalue weighted by atomic mass is 10.2. The SMILES string of the molecule is O=C(CN1C(=O)CCC1=O)Nc1cccc(-c2nc3ccccc3[nH]2)c1. The van der Waals surface area contributed by atoms with E-state index in [1.54, 1.807) is 12.1 Å². The van der Waals surface area contributed by atoms with E-state index in [2.05, 4.69) is 15.3 Å². The number of nitrogens with one attached hydrogen (secondary N) is 2. The molecule has 0 aliphatic carbocycles. The molecule has 4 rings (SSSR count). The van der Waals surface area contributed by atoms with Crippen LogP contribution >= 0.6 is 0 Å². The second-order valence-corrected chi connectivity index (χ2v) is 6.11. The molecule has 0 spiro atoms. The third-order valence-electron chi connectivity index (χ3n) is 4.27. The van der Waals surface area contributed by atoms with E-state index < -0.39 is 5.91 Å². The number of hydrogen-bond donors (Lipinski definition) is 2. The Morgan fingerprint density at radius 3 is 2.62 bits per heavy atom. The Bertz CT molecular complexity index is 975. The van der Waals surface area contributed by atoms with Gasteiger partial charge in [-0.05, 0) is 24.3 Å². The molecule has 1 aliphatic heterocycles. The van der Waals surface area contributed by atoms with Crippen molar-refractivity contribution < 1.29 is 14.4 Å². The molecule has 1 fully saturated rings. The van der Waals surface area contributed by atoms with E-state index in [0.717, 1.165) is 21.5 Å². The fourth-order valence-electron chi connectivity index (χ4n) is 2.98. The predicted molar refractivity (Wildman–Crippen MR) is 96.1 cm³/mol. The molecular formula is C19H16N4O3. The highest BCUT2D eigenvalue weighted by Crippen LogP contribution is 2.23. The minimum Gasteiger partial charge on any atom is -0.338 e. The zero-order valence-corrected chi connectivity index (χ0v) is 13.9. The van der Waals surface area contributed by atoms with Crippen molar-refractivity contribution in [3.63, 3.8) is 0 Å². The maximum Gasteiger partial charge on any atom is 0.244 e. The van der Waals surface area contributed by atoms with Gasteiger partial charge in [-0.15, -0.1) is 0 Å². The third kappa shape index (κ3) is 3.06. The number of benzene rings is 2. The smallest absolute Gasteiger partial charge is 0.244 e. The van der Waals surface area contributed by atoms with E-state index in [9.17, 15) is 14.4 Å². The Balaban J connectivity index is 1.51. The summed E-state index contributed by atoms with van der Waals surface area (Å²) in [6.07, 6.45) is 0.349. The Kier molecular flexibility index (Phi) is 3.96. The van der Waals surface area contributed by atoms with Crippen LogP contribution in [0.5, 0.6) is 0 Å². The van der Waals surface area contributed by atoms with Gasteiger partial charge in [0.15, 0.2) is 0 Å². The van der Waals surface area contributed by atoms with Gasteiger partial charge in [0.05, 0.1) is 11.0 Å². The number of amides is 3. The van der Waals surface area contributed by atoms with Gasteiger partial charge in [0.1, 0.15) is 12.4 Å². The number of carbonyl (C=O) groups excluding carboxylic acids is 3. The lowest BCUT2D eigenvalue weighted by molar-refractivity contribution is -0.141. The molecule has 130 valence electrons. The quantitative estimate of drug-likeness (QED) is 0.707. The molecule has 7 nitrogen and oxygen atoms in total. The van der Waals surface area contributed by atoms with Crippen molar-refractivity contribution >= 4 is 34.4 Å². The van der Waals surface area contributed by atoms with Gasteiger partial charge in [0, 0.05) is 24.1 Å². The largest absolute Gasteiger partial charge is 0.338 e. The monoisotopic (exact) mass is 348 g/mol. The topological polar surface area (TPSA) is 95.2 Å². The summed E-state index contributed by atoms with van der Waals surface area (Å²) in [5.74, 6) is -0.315. The van der Waals surface area contributed by atoms with E-state index in [1.165, 1.54) is 0 Å². The first kappa shape index (κ1) is 16.0. The van der Waals surface area contributed by atoms with Gasteiger partial charge in [0.2, 0.25) is 17.7 Å². The van der Waals surface area contributed by atoms with Gasteiger partial charge in [-0.25, -0.2) is 4.98 Å². The van der Waals surface area contributed by atoms with Gasteiger partial charge in [-0.3, -0.25) is 19.3 Å². The molecule has 0 unspecified atom stereocenters. The van der Waals surface area contributed by atoms with Crippen LogP contribution < -0.4 is 5.32 Å². The second-order valence-electron chi connectivity index (χ2n) is 6.11. The number of imidazole rings is 1. The summed E-state index contributed by atoms with van der Waals surface area (Å²) < 4.78 is 0. The molecule has 0 atom stereocenters. The average Bonchev–Trinajstić information content (AvgIpc) is 3.20. The maximum absolute atomic E-state index is 12.2. The Morgan fingerprint density at radius 2 is 1.85 bits per heavy atom. The number of para-hydroxylation sites is 2. The summed E-state index contributed by atoms with van der Waals surface area (Å²) in [4.78, 5) is 44.2. The van der Waals surface area contributed by atoms with Crippen molar-refractivity contribution in [1.29, 1.82) is 0 Å². The molecular weight excluding hydrogens is 332 g/mol. The predicted octanol–water partition coefficient (Wildman–Crippen LogP) is 2.32. The number of imide groups is 1. The summed E-state index contributed by atoms with van der Waals surface area (Å²) >= 11 is 0. The molecule has 3 amide bonds. The number of fused-ring (bicyclic) bond motifs is 1. The molecule has 2 heterocycles. The van der Waals surface area contributed by atoms with Crippen LogP contribution in [0.15, 0.2) is 48.5 Å². The third-order valence-corrected chi connectivity index (χ3v) is 4.27. The van der Waals surface area contributed by atoms with Gasteiger partial charge >= 0.3 is 0 Å². The summed E-state index contributed by atoms with van der Waals surface area (Å²) in [5, 5.41) is 2.73. The van der Waals surface area contributed by atoms with E-state index >= 15 is 0 Å². The fraction of sp³-hybridized carbons (Fsp3) is 0.158. The van der Waals surface area contributed by atoms with Crippen molar-refractivity contribution in [2.45, 2.75) is 12.8 Å². The minimum atomic E-state index is -0.407. The lowest BCUT2D eigenvalue weighted by Crippen LogP contribution is -2.36. The second kappa shape index (κ2) is 6.44. The van der Waals surface area contributed by atoms with Gasteiger partial charge < -0.3 is 10.3 Å². The number of H-pyrrole nitrogens is 1. The van der Waals surface area contributed by atoms with E-state index in [4.69, 9.17) is 0 Å². The molecule has 26 heavy (non-hydrogen) atoms. The molecule has 0 saturated carbocycles. The van der Waals surface area contributed by atoms with Crippen molar-refractivity contribution in [2.75, 3.05) is 11.9 Å². The number of anilines is 1. The van der Waals surface area contributed by atoms with Gasteiger partial charge in [0.25, 0.3) is 0 Å². The van der Waals surface area contributed by atoms with Crippen LogP contribution in [0.3, 0.4) is 0 Å². The number of aromatic amines is 1. The Hall–Kier alpha value is -3.48. The van der Waals surface area contributed by atoms with E-state index in [-0.39, 0.29) is 31.2 Å². The molecule has 2 aromatic carbocycles. The first-order valence-electron chi connectivity index (χ1n) is 8.28. The van der Waals surface area contributed by atoms with Crippen molar-refractivity contribution in [2.24, 2.45) is 0 Å². The number of nitrogens with zero attached hydrogens (tertiary/aromatic N) is 2. The Morgan fingerprint density at radius 1 is 1.08 bits per heavy atom. The van der Waals surface area contributed by atoms with Crippen LogP contribution in [-0.4, -0.2) is 39.1 Å². The standard InChI is InChI=1S/C19H16N4O3/c24-16(11-23-17(25)8-9-18(23)26)20-13-5-3-4-12(10-13)19-21-14-6-1-2-7-15(14)22-19/h1-7,10H,8-9,11H2,(H,20,24)(H,21,22). The lowest BCUT2D eigenvalue weighted by Gasteiger charge is -2.13. The van der Waals surface area contributed by atoms with Crippen LogP contribution in [0.2, 0.25) is 0 Å². The number of carbonyl (C=O) groups is 3. The van der Waals surface area contributed by atoms with Crippen molar-refractivity contribution in [3.8, 4) is 11.4 Å². The molecule has 3 aromatic rings. The van der Waals surface area contributed by atoms with Crippen LogP contribution in [-0.2, 0) is 14.4 Å². The number of aromatic nitrogens is 2. The zero-order valence-electron chi connectivity index (χ0n) is 13.9. The number of hydrogen-bond acceptors (Lipinski definition) is 4. The van der Waals surface area contributed by atoms with Gasteiger partial charge in [-0.1, -0.05) is 24.3 Å². The van der Waals surface area contributed by atoms with Crippen molar-refractivity contribution in [1.82, 2.24) is 14.9 Å². The highest BCUT2D eigenvalue weighted by atomic mass is 16.2. The van der Waals surface area contributed by atoms with E-state index in [1.807, 2.05) is 36.4 Å². The van der Waals surface area contributed by atoms with Crippen LogP contribution in [0.4, 0.5) is 5.69 Å².